The molecular formula is C68H41NOS2. The molecule has 3 heterocycles. The number of benzene rings is 11. The maximum atomic E-state index is 6.99. The molecule has 0 saturated heterocycles. The van der Waals surface area contributed by atoms with Gasteiger partial charge in [0.15, 0.2) is 5.58 Å². The summed E-state index contributed by atoms with van der Waals surface area (Å²) in [7, 11) is 0. The Labute approximate surface area is 425 Å². The van der Waals surface area contributed by atoms with Gasteiger partial charge >= 0.3 is 0 Å². The summed E-state index contributed by atoms with van der Waals surface area (Å²) in [6.45, 7) is 0. The number of rotatable bonds is 5. The third-order valence-corrected chi connectivity index (χ3v) is 18.3. The van der Waals surface area contributed by atoms with Gasteiger partial charge in [-0.15, -0.1) is 11.3 Å². The van der Waals surface area contributed by atoms with Gasteiger partial charge in [-0.3, -0.25) is 0 Å². The van der Waals surface area contributed by atoms with Crippen molar-refractivity contribution in [2.45, 2.75) is 20.6 Å². The van der Waals surface area contributed by atoms with E-state index in [1.165, 1.54) is 96.7 Å². The molecule has 0 amide bonds. The Morgan fingerprint density at radius 3 is 1.64 bits per heavy atom. The molecule has 2 aromatic heterocycles. The second-order valence-corrected chi connectivity index (χ2v) is 21.5. The first kappa shape index (κ1) is 40.3. The number of furan rings is 1. The fraction of sp³-hybridized carbons (Fsp3) is 0.0294. The van der Waals surface area contributed by atoms with Crippen LogP contribution in [-0.2, 0) is 10.8 Å². The Balaban J connectivity index is 0.998. The van der Waals surface area contributed by atoms with Crippen LogP contribution in [-0.4, -0.2) is 0 Å². The first-order valence-electron chi connectivity index (χ1n) is 24.7. The molecule has 0 radical (unpaired) electrons. The summed E-state index contributed by atoms with van der Waals surface area (Å²) in [6.07, 6.45) is 0. The number of fused-ring (bicyclic) bond motifs is 18. The van der Waals surface area contributed by atoms with Crippen molar-refractivity contribution in [3.05, 3.63) is 293 Å². The van der Waals surface area contributed by atoms with Gasteiger partial charge in [-0.05, 0) is 127 Å². The van der Waals surface area contributed by atoms with Crippen molar-refractivity contribution in [1.29, 1.82) is 0 Å². The summed E-state index contributed by atoms with van der Waals surface area (Å²) in [4.78, 5) is 5.12. The van der Waals surface area contributed by atoms with Gasteiger partial charge in [0.1, 0.15) is 5.58 Å². The molecule has 0 unspecified atom stereocenters. The van der Waals surface area contributed by atoms with Crippen LogP contribution in [0.2, 0.25) is 0 Å². The minimum absolute atomic E-state index is 0.452. The highest BCUT2D eigenvalue weighted by Crippen LogP contribution is 2.64. The van der Waals surface area contributed by atoms with E-state index in [-0.39, 0.29) is 0 Å². The zero-order valence-corrected chi connectivity index (χ0v) is 40.5. The molecule has 3 aliphatic rings. The lowest BCUT2D eigenvalue weighted by atomic mass is 9.67. The smallest absolute Gasteiger partial charge is 0.159 e. The van der Waals surface area contributed by atoms with Gasteiger partial charge in [0.05, 0.1) is 22.2 Å². The summed E-state index contributed by atoms with van der Waals surface area (Å²) in [5.41, 5.74) is 19.4. The van der Waals surface area contributed by atoms with Crippen LogP contribution in [0, 0.1) is 0 Å². The molecule has 0 fully saturated rings. The molecule has 11 aromatic carbocycles. The van der Waals surface area contributed by atoms with Crippen LogP contribution in [0.25, 0.3) is 64.4 Å². The summed E-state index contributed by atoms with van der Waals surface area (Å²) in [5.74, 6) is 0. The highest BCUT2D eigenvalue weighted by Gasteiger charge is 2.51. The zero-order valence-electron chi connectivity index (χ0n) is 38.8. The van der Waals surface area contributed by atoms with E-state index in [1.807, 2.05) is 23.1 Å². The lowest BCUT2D eigenvalue weighted by molar-refractivity contribution is 0.669. The predicted octanol–water partition coefficient (Wildman–Crippen LogP) is 18.6. The summed E-state index contributed by atoms with van der Waals surface area (Å²) >= 11 is 3.79. The fourth-order valence-corrected chi connectivity index (χ4v) is 15.6. The van der Waals surface area contributed by atoms with E-state index in [4.69, 9.17) is 4.42 Å². The Bertz CT molecular complexity index is 4310. The minimum Gasteiger partial charge on any atom is -0.454 e. The number of anilines is 3. The fourth-order valence-electron chi connectivity index (χ4n) is 13.2. The number of para-hydroxylation sites is 2. The molecule has 16 rings (SSSR count). The summed E-state index contributed by atoms with van der Waals surface area (Å²) in [6, 6.07) is 92.8. The van der Waals surface area contributed by atoms with Gasteiger partial charge in [-0.25, -0.2) is 0 Å². The third kappa shape index (κ3) is 5.25. The standard InChI is InChI=1S/C68H41NOS2/c1-3-19-42(20-4-1)67(43-21-5-2-6-22-43)52-27-10-7-23-45(52)47-38-37-44(39-56(47)67)69(59-32-17-26-49-48-25-9-14-33-60(48)70-66(49)59)58-31-18-36-63-65(58)51-40-50-46-24-8-11-28-53(46)68(57(50)41-64(51)72-63)54-29-12-15-34-61(54)71-62-35-16-13-30-55(62)68/h1-41H. The normalized spacial score (nSPS) is 14.3. The summed E-state index contributed by atoms with van der Waals surface area (Å²) in [5, 5.41) is 4.68. The Morgan fingerprint density at radius 1 is 0.347 bits per heavy atom. The van der Waals surface area contributed by atoms with Crippen molar-refractivity contribution in [2.24, 2.45) is 0 Å². The van der Waals surface area contributed by atoms with Gasteiger partial charge in [0, 0.05) is 46.4 Å². The van der Waals surface area contributed by atoms with Crippen molar-refractivity contribution in [3.63, 3.8) is 0 Å². The van der Waals surface area contributed by atoms with Gasteiger partial charge < -0.3 is 9.32 Å². The number of hydrogen-bond donors (Lipinski definition) is 0. The maximum absolute atomic E-state index is 6.99. The van der Waals surface area contributed by atoms with E-state index in [0.29, 0.717) is 0 Å². The van der Waals surface area contributed by atoms with Crippen molar-refractivity contribution >= 4 is 82.3 Å². The molecule has 336 valence electrons. The number of hydrogen-bond acceptors (Lipinski definition) is 4. The molecule has 0 bridgehead atoms. The molecule has 0 atom stereocenters. The van der Waals surface area contributed by atoms with E-state index < -0.39 is 10.8 Å². The van der Waals surface area contributed by atoms with E-state index in [2.05, 4.69) is 254 Å². The monoisotopic (exact) mass is 951 g/mol. The van der Waals surface area contributed by atoms with E-state index >= 15 is 0 Å². The van der Waals surface area contributed by atoms with Crippen LogP contribution in [0.5, 0.6) is 0 Å². The Hall–Kier alpha value is -8.41. The maximum Gasteiger partial charge on any atom is 0.159 e. The SMILES string of the molecule is c1ccc(C2(c3ccccc3)c3ccccc3-c3ccc(N(c4cccc5c4oc4ccccc45)c4cccc5sc6cc7c(cc6c45)-c4ccccc4C74c5ccccc5Sc5ccccc54)cc32)cc1. The van der Waals surface area contributed by atoms with Gasteiger partial charge in [0.25, 0.3) is 0 Å². The molecule has 1 aliphatic heterocycles. The van der Waals surface area contributed by atoms with Gasteiger partial charge in [-0.2, -0.15) is 0 Å². The first-order chi connectivity index (χ1) is 35.7. The molecule has 1 spiro atoms. The molecule has 2 nitrogen and oxygen atoms in total. The zero-order chi connectivity index (χ0) is 47.1. The second-order valence-electron chi connectivity index (χ2n) is 19.4. The van der Waals surface area contributed by atoms with Crippen LogP contribution >= 0.6 is 23.1 Å². The number of thiophene rings is 1. The van der Waals surface area contributed by atoms with E-state index in [0.717, 1.165) is 39.0 Å². The molecule has 72 heavy (non-hydrogen) atoms. The molecule has 2 aliphatic carbocycles. The van der Waals surface area contributed by atoms with Crippen LogP contribution in [0.3, 0.4) is 0 Å². The van der Waals surface area contributed by atoms with Crippen LogP contribution < -0.4 is 4.90 Å². The van der Waals surface area contributed by atoms with Crippen molar-refractivity contribution < 1.29 is 4.42 Å². The highest BCUT2D eigenvalue weighted by atomic mass is 32.2. The van der Waals surface area contributed by atoms with E-state index in [9.17, 15) is 0 Å². The van der Waals surface area contributed by atoms with Crippen molar-refractivity contribution in [1.82, 2.24) is 0 Å². The van der Waals surface area contributed by atoms with E-state index in [1.54, 1.807) is 0 Å². The van der Waals surface area contributed by atoms with Gasteiger partial charge in [0.2, 0.25) is 0 Å². The quantitative estimate of drug-likeness (QED) is 0.171. The molecule has 0 N–H and O–H groups in total. The highest BCUT2D eigenvalue weighted by molar-refractivity contribution is 7.99. The molecule has 13 aromatic rings. The predicted molar refractivity (Wildman–Crippen MR) is 300 cm³/mol. The van der Waals surface area contributed by atoms with Crippen LogP contribution in [0.1, 0.15) is 44.5 Å². The average Bonchev–Trinajstić information content (AvgIpc) is 4.17. The van der Waals surface area contributed by atoms with Crippen LogP contribution in [0.4, 0.5) is 17.1 Å². The van der Waals surface area contributed by atoms with Crippen LogP contribution in [0.15, 0.2) is 263 Å². The Morgan fingerprint density at radius 2 is 0.903 bits per heavy atom. The van der Waals surface area contributed by atoms with Crippen molar-refractivity contribution in [2.75, 3.05) is 4.90 Å². The lowest BCUT2D eigenvalue weighted by Gasteiger charge is -2.39. The largest absolute Gasteiger partial charge is 0.454 e. The van der Waals surface area contributed by atoms with Crippen molar-refractivity contribution in [3.8, 4) is 22.3 Å². The second kappa shape index (κ2) is 15.1. The minimum atomic E-state index is -0.568. The molecule has 4 heteroatoms. The molecular weight excluding hydrogens is 911 g/mol. The third-order valence-electron chi connectivity index (χ3n) is 16.0. The molecule has 0 saturated carbocycles. The first-order valence-corrected chi connectivity index (χ1v) is 26.4. The topological polar surface area (TPSA) is 16.4 Å². The van der Waals surface area contributed by atoms with Gasteiger partial charge in [-0.1, -0.05) is 200 Å². The Kier molecular flexibility index (Phi) is 8.43. The lowest BCUT2D eigenvalue weighted by Crippen LogP contribution is -2.31. The summed E-state index contributed by atoms with van der Waals surface area (Å²) < 4.78 is 9.51. The number of nitrogens with zero attached hydrogens (tertiary/aromatic N) is 1. The average molecular weight is 952 g/mol.